The molecule has 0 fully saturated rings. The van der Waals surface area contributed by atoms with Gasteiger partial charge >= 0.3 is 0 Å². The third kappa shape index (κ3) is 6.15. The van der Waals surface area contributed by atoms with Crippen LogP contribution in [-0.4, -0.2) is 45.3 Å². The van der Waals surface area contributed by atoms with E-state index in [1.807, 2.05) is 31.4 Å². The summed E-state index contributed by atoms with van der Waals surface area (Å²) in [7, 11) is 6.05. The summed E-state index contributed by atoms with van der Waals surface area (Å²) in [6.45, 7) is 5.19. The average Bonchev–Trinajstić information content (AvgIpc) is 3.22. The van der Waals surface area contributed by atoms with Gasteiger partial charge in [-0.05, 0) is 75.1 Å². The fourth-order valence-electron chi connectivity index (χ4n) is 3.62. The molecule has 0 aliphatic carbocycles. The van der Waals surface area contributed by atoms with Crippen molar-refractivity contribution in [2.45, 2.75) is 25.2 Å². The van der Waals surface area contributed by atoms with E-state index in [0.29, 0.717) is 11.8 Å². The van der Waals surface area contributed by atoms with Gasteiger partial charge in [-0.3, -0.25) is 9.40 Å². The van der Waals surface area contributed by atoms with Crippen LogP contribution < -0.4 is 9.46 Å². The lowest BCUT2D eigenvalue weighted by Crippen LogP contribution is -2.14. The second kappa shape index (κ2) is 10.7. The number of hydrogen-bond donors (Lipinski definition) is 1. The van der Waals surface area contributed by atoms with Gasteiger partial charge in [0, 0.05) is 31.4 Å². The van der Waals surface area contributed by atoms with Crippen LogP contribution in [-0.2, 0) is 13.5 Å². The molecule has 0 spiro atoms. The molecule has 0 radical (unpaired) electrons. The van der Waals surface area contributed by atoms with Crippen molar-refractivity contribution >= 4 is 17.9 Å². The van der Waals surface area contributed by atoms with Crippen LogP contribution in [0.4, 0.5) is 5.95 Å². The van der Waals surface area contributed by atoms with Crippen LogP contribution >= 0.6 is 11.9 Å². The number of hydrogen-bond acceptors (Lipinski definition) is 7. The van der Waals surface area contributed by atoms with Crippen LogP contribution in [0.5, 0.6) is 11.6 Å². The summed E-state index contributed by atoms with van der Waals surface area (Å²) < 4.78 is 11.2. The zero-order chi connectivity index (χ0) is 24.1. The van der Waals surface area contributed by atoms with Crippen molar-refractivity contribution in [2.75, 3.05) is 25.4 Å². The molecular weight excluding hydrogens is 444 g/mol. The van der Waals surface area contributed by atoms with Gasteiger partial charge in [0.05, 0.1) is 16.8 Å². The average molecular weight is 475 g/mol. The summed E-state index contributed by atoms with van der Waals surface area (Å²) in [5.41, 5.74) is 5.48. The molecule has 0 amide bonds. The maximum atomic E-state index is 6.17. The zero-order valence-corrected chi connectivity index (χ0v) is 21.1. The number of likely N-dealkylation sites (N-methyl/N-ethyl adjacent to an activating group) is 1. The van der Waals surface area contributed by atoms with E-state index in [-0.39, 0.29) is 0 Å². The molecule has 4 aromatic rings. The number of rotatable bonds is 9. The van der Waals surface area contributed by atoms with Crippen LogP contribution in [0.1, 0.15) is 16.7 Å². The number of anilines is 1. The summed E-state index contributed by atoms with van der Waals surface area (Å²) in [6.07, 6.45) is 4.72. The minimum atomic E-state index is 0.478. The van der Waals surface area contributed by atoms with Gasteiger partial charge in [0.25, 0.3) is 0 Å². The quantitative estimate of drug-likeness (QED) is 0.321. The van der Waals surface area contributed by atoms with Crippen molar-refractivity contribution in [3.8, 4) is 22.9 Å². The van der Waals surface area contributed by atoms with Crippen LogP contribution in [0.3, 0.4) is 0 Å². The van der Waals surface area contributed by atoms with Gasteiger partial charge in [0.15, 0.2) is 0 Å². The van der Waals surface area contributed by atoms with Crippen LogP contribution in [0.25, 0.3) is 11.3 Å². The fraction of sp³-hybridized carbons (Fsp3) is 0.269. The first-order valence-electron chi connectivity index (χ1n) is 11.2. The summed E-state index contributed by atoms with van der Waals surface area (Å²) in [5, 5.41) is 4.21. The highest BCUT2D eigenvalue weighted by Crippen LogP contribution is 2.31. The Morgan fingerprint density at radius 1 is 1.03 bits per heavy atom. The van der Waals surface area contributed by atoms with Crippen LogP contribution in [0.2, 0.25) is 0 Å². The summed E-state index contributed by atoms with van der Waals surface area (Å²) in [4.78, 5) is 12.6. The smallest absolute Gasteiger partial charge is 0.237 e. The number of nitrogens with zero attached hydrogens (tertiary/aromatic N) is 5. The van der Waals surface area contributed by atoms with Crippen LogP contribution in [0, 0.1) is 13.8 Å². The minimum Gasteiger partial charge on any atom is -0.439 e. The Labute approximate surface area is 205 Å². The van der Waals surface area contributed by atoms with E-state index < -0.39 is 0 Å². The van der Waals surface area contributed by atoms with Gasteiger partial charge in [0.1, 0.15) is 5.75 Å². The molecule has 2 aromatic carbocycles. The number of aromatic nitrogens is 4. The molecule has 0 saturated carbocycles. The zero-order valence-electron chi connectivity index (χ0n) is 20.2. The molecule has 0 bridgehead atoms. The highest BCUT2D eigenvalue weighted by atomic mass is 32.2. The number of benzene rings is 2. The first kappa shape index (κ1) is 23.8. The maximum absolute atomic E-state index is 6.17. The summed E-state index contributed by atoms with van der Waals surface area (Å²) in [5.74, 6) is 1.71. The van der Waals surface area contributed by atoms with Gasteiger partial charge in [-0.15, -0.1) is 0 Å². The highest BCUT2D eigenvalue weighted by Gasteiger charge is 2.13. The normalized spacial score (nSPS) is 11.1. The number of nitrogens with one attached hydrogen (secondary N) is 1. The molecular formula is C26H30N6OS. The summed E-state index contributed by atoms with van der Waals surface area (Å²) >= 11 is 1.41. The lowest BCUT2D eigenvalue weighted by Gasteiger charge is -2.13. The molecule has 176 valence electrons. The van der Waals surface area contributed by atoms with E-state index in [2.05, 4.69) is 78.0 Å². The summed E-state index contributed by atoms with van der Waals surface area (Å²) in [6, 6.07) is 16.3. The Morgan fingerprint density at radius 3 is 2.41 bits per heavy atom. The Bertz CT molecular complexity index is 1230. The largest absolute Gasteiger partial charge is 0.439 e. The molecule has 4 rings (SSSR count). The molecule has 0 aliphatic rings. The van der Waals surface area contributed by atoms with Crippen molar-refractivity contribution in [1.29, 1.82) is 0 Å². The Morgan fingerprint density at radius 2 is 1.76 bits per heavy atom. The molecule has 0 atom stereocenters. The third-order valence-corrected chi connectivity index (χ3v) is 6.11. The SMILES string of the molecule is Cc1cccc(C)c1-c1cc(Oc2ccc(CCN(C)C)cc2)nc(NSc2cnn(C)c2)n1. The first-order valence-corrected chi connectivity index (χ1v) is 12.0. The van der Waals surface area contributed by atoms with Crippen molar-refractivity contribution in [1.82, 2.24) is 24.6 Å². The predicted molar refractivity (Wildman–Crippen MR) is 138 cm³/mol. The molecule has 34 heavy (non-hydrogen) atoms. The van der Waals surface area contributed by atoms with Gasteiger partial charge in [-0.1, -0.05) is 30.3 Å². The van der Waals surface area contributed by atoms with Gasteiger partial charge in [-0.2, -0.15) is 10.1 Å². The molecule has 1 N–H and O–H groups in total. The number of aryl methyl sites for hydroxylation is 3. The Kier molecular flexibility index (Phi) is 7.49. The predicted octanol–water partition coefficient (Wildman–Crippen LogP) is 5.51. The maximum Gasteiger partial charge on any atom is 0.237 e. The van der Waals surface area contributed by atoms with E-state index in [9.17, 15) is 0 Å². The fourth-order valence-corrected chi connectivity index (χ4v) is 4.23. The first-order chi connectivity index (χ1) is 16.4. The van der Waals surface area contributed by atoms with Gasteiger partial charge in [-0.25, -0.2) is 4.98 Å². The molecule has 7 nitrogen and oxygen atoms in total. The van der Waals surface area contributed by atoms with Gasteiger partial charge in [0.2, 0.25) is 11.8 Å². The van der Waals surface area contributed by atoms with Gasteiger partial charge < -0.3 is 9.64 Å². The molecule has 0 aliphatic heterocycles. The van der Waals surface area contributed by atoms with E-state index in [4.69, 9.17) is 9.72 Å². The highest BCUT2D eigenvalue weighted by molar-refractivity contribution is 8.00. The van der Waals surface area contributed by atoms with Crippen molar-refractivity contribution in [3.05, 3.63) is 77.6 Å². The van der Waals surface area contributed by atoms with Crippen molar-refractivity contribution < 1.29 is 4.74 Å². The Hall–Kier alpha value is -3.36. The second-order valence-corrected chi connectivity index (χ2v) is 9.41. The van der Waals surface area contributed by atoms with Crippen LogP contribution in [0.15, 0.2) is 65.8 Å². The van der Waals surface area contributed by atoms with E-state index >= 15 is 0 Å². The third-order valence-electron chi connectivity index (χ3n) is 5.37. The lowest BCUT2D eigenvalue weighted by molar-refractivity contribution is 0.413. The molecule has 2 aromatic heterocycles. The minimum absolute atomic E-state index is 0.478. The Balaban J connectivity index is 1.61. The monoisotopic (exact) mass is 474 g/mol. The molecule has 8 heteroatoms. The standard InChI is InChI=1S/C26H30N6OS/c1-18-7-6-8-19(2)25(18)23-15-24(29-26(28-23)30-34-22-16-27-32(5)17-22)33-21-11-9-20(10-12-21)13-14-31(3)4/h6-12,15-17H,13-14H2,1-5H3,(H,28,29,30). The molecule has 0 unspecified atom stereocenters. The number of ether oxygens (including phenoxy) is 1. The molecule has 0 saturated heterocycles. The second-order valence-electron chi connectivity index (χ2n) is 8.53. The van der Waals surface area contributed by atoms with Crippen molar-refractivity contribution in [3.63, 3.8) is 0 Å². The molecule has 2 heterocycles. The van der Waals surface area contributed by atoms with E-state index in [1.165, 1.54) is 17.5 Å². The lowest BCUT2D eigenvalue weighted by atomic mass is 10.00. The topological polar surface area (TPSA) is 68.1 Å². The van der Waals surface area contributed by atoms with Crippen molar-refractivity contribution in [2.24, 2.45) is 7.05 Å². The van der Waals surface area contributed by atoms with E-state index in [1.54, 1.807) is 10.9 Å². The van der Waals surface area contributed by atoms with E-state index in [0.717, 1.165) is 46.0 Å².